The van der Waals surface area contributed by atoms with E-state index in [1.165, 1.54) is 5.56 Å². The molecule has 3 rings (SSSR count). The molecule has 1 aliphatic rings. The Hall–Kier alpha value is -1.64. The monoisotopic (exact) mass is 254 g/mol. The highest BCUT2D eigenvalue weighted by molar-refractivity contribution is 5.20. The minimum Gasteiger partial charge on any atom is -0.348 e. The fourth-order valence-corrected chi connectivity index (χ4v) is 2.47. The van der Waals surface area contributed by atoms with Gasteiger partial charge in [0, 0.05) is 11.5 Å². The molecule has 2 aromatic rings. The maximum Gasteiger partial charge on any atom is 0.184 e. The van der Waals surface area contributed by atoms with Crippen LogP contribution >= 0.6 is 0 Å². The van der Waals surface area contributed by atoms with E-state index in [2.05, 4.69) is 31.2 Å². The Morgan fingerprint density at radius 1 is 0.842 bits per heavy atom. The molecule has 0 bridgehead atoms. The smallest absolute Gasteiger partial charge is 0.184 e. The Morgan fingerprint density at radius 2 is 1.42 bits per heavy atom. The lowest BCUT2D eigenvalue weighted by Crippen LogP contribution is -2.28. The summed E-state index contributed by atoms with van der Waals surface area (Å²) < 4.78 is 12.0. The first-order chi connectivity index (χ1) is 9.34. The first-order valence-electron chi connectivity index (χ1n) is 6.71. The van der Waals surface area contributed by atoms with Gasteiger partial charge in [0.05, 0.1) is 12.7 Å². The van der Waals surface area contributed by atoms with Crippen molar-refractivity contribution < 1.29 is 9.47 Å². The summed E-state index contributed by atoms with van der Waals surface area (Å²) in [7, 11) is 0. The first kappa shape index (κ1) is 12.4. The van der Waals surface area contributed by atoms with E-state index in [4.69, 9.17) is 9.47 Å². The van der Waals surface area contributed by atoms with Gasteiger partial charge in [0.15, 0.2) is 6.29 Å². The number of hydrogen-bond donors (Lipinski definition) is 0. The van der Waals surface area contributed by atoms with Gasteiger partial charge in [-0.1, -0.05) is 67.6 Å². The van der Waals surface area contributed by atoms with E-state index in [1.807, 2.05) is 36.4 Å². The van der Waals surface area contributed by atoms with Gasteiger partial charge in [-0.25, -0.2) is 0 Å². The van der Waals surface area contributed by atoms with Gasteiger partial charge in [-0.2, -0.15) is 0 Å². The Kier molecular flexibility index (Phi) is 3.62. The van der Waals surface area contributed by atoms with Crippen molar-refractivity contribution in [2.75, 3.05) is 6.61 Å². The van der Waals surface area contributed by atoms with Gasteiger partial charge in [0.1, 0.15) is 0 Å². The Bertz CT molecular complexity index is 509. The minimum atomic E-state index is -0.261. The molecule has 0 unspecified atom stereocenters. The maximum atomic E-state index is 6.15. The van der Waals surface area contributed by atoms with Crippen LogP contribution in [0.25, 0.3) is 0 Å². The molecule has 1 fully saturated rings. The summed E-state index contributed by atoms with van der Waals surface area (Å²) >= 11 is 0. The summed E-state index contributed by atoms with van der Waals surface area (Å²) in [5.41, 5.74) is 2.30. The normalized spacial score (nSPS) is 27.1. The molecule has 2 aromatic carbocycles. The fraction of sp³-hybridized carbons (Fsp3) is 0.294. The predicted octanol–water partition coefficient (Wildman–Crippen LogP) is 4.11. The molecule has 0 aliphatic carbocycles. The molecule has 0 radical (unpaired) electrons. The zero-order valence-electron chi connectivity index (χ0n) is 11.0. The minimum absolute atomic E-state index is 0.0974. The molecular formula is C17H18O2. The second-order valence-electron chi connectivity index (χ2n) is 5.02. The van der Waals surface area contributed by atoms with Crippen LogP contribution in [-0.4, -0.2) is 6.61 Å². The van der Waals surface area contributed by atoms with Crippen LogP contribution in [0.4, 0.5) is 0 Å². The van der Waals surface area contributed by atoms with Crippen LogP contribution in [0, 0.1) is 5.92 Å². The molecule has 98 valence electrons. The molecular weight excluding hydrogens is 236 g/mol. The second kappa shape index (κ2) is 5.55. The third-order valence-electron chi connectivity index (χ3n) is 3.50. The predicted molar refractivity (Wildman–Crippen MR) is 74.6 cm³/mol. The molecule has 3 atom stereocenters. The van der Waals surface area contributed by atoms with Gasteiger partial charge in [-0.15, -0.1) is 0 Å². The van der Waals surface area contributed by atoms with Gasteiger partial charge >= 0.3 is 0 Å². The lowest BCUT2D eigenvalue weighted by atomic mass is 9.96. The highest BCUT2D eigenvalue weighted by atomic mass is 16.7. The van der Waals surface area contributed by atoms with Crippen LogP contribution < -0.4 is 0 Å². The maximum absolute atomic E-state index is 6.15. The van der Waals surface area contributed by atoms with Crippen molar-refractivity contribution in [2.24, 2.45) is 5.92 Å². The molecule has 2 nitrogen and oxygen atoms in total. The summed E-state index contributed by atoms with van der Waals surface area (Å²) in [6.45, 7) is 2.89. The van der Waals surface area contributed by atoms with E-state index in [0.29, 0.717) is 5.92 Å². The number of rotatable bonds is 2. The van der Waals surface area contributed by atoms with Crippen LogP contribution in [0.2, 0.25) is 0 Å². The van der Waals surface area contributed by atoms with Gasteiger partial charge < -0.3 is 9.47 Å². The standard InChI is InChI=1S/C17H18O2/c1-13-12-18-17(15-10-6-3-7-11-15)19-16(13)14-8-4-2-5-9-14/h2-11,13,16-17H,12H2,1H3/t13-,16-,17-/m0/s1. The molecule has 0 aromatic heterocycles. The van der Waals surface area contributed by atoms with Crippen LogP contribution in [0.3, 0.4) is 0 Å². The van der Waals surface area contributed by atoms with Gasteiger partial charge in [0.25, 0.3) is 0 Å². The summed E-state index contributed by atoms with van der Waals surface area (Å²) in [4.78, 5) is 0. The molecule has 1 saturated heterocycles. The van der Waals surface area contributed by atoms with E-state index in [1.54, 1.807) is 0 Å². The lowest BCUT2D eigenvalue weighted by Gasteiger charge is -2.35. The van der Waals surface area contributed by atoms with Crippen LogP contribution in [0.1, 0.15) is 30.4 Å². The van der Waals surface area contributed by atoms with Crippen LogP contribution in [0.5, 0.6) is 0 Å². The molecule has 2 heteroatoms. The summed E-state index contributed by atoms with van der Waals surface area (Å²) in [5.74, 6) is 0.363. The number of benzene rings is 2. The Balaban J connectivity index is 1.82. The van der Waals surface area contributed by atoms with Crippen molar-refractivity contribution in [3.63, 3.8) is 0 Å². The van der Waals surface area contributed by atoms with Crippen molar-refractivity contribution >= 4 is 0 Å². The Morgan fingerprint density at radius 3 is 2.05 bits per heavy atom. The first-order valence-corrected chi connectivity index (χ1v) is 6.71. The van der Waals surface area contributed by atoms with Crippen LogP contribution in [-0.2, 0) is 9.47 Å². The van der Waals surface area contributed by atoms with Crippen molar-refractivity contribution in [1.29, 1.82) is 0 Å². The summed E-state index contributed by atoms with van der Waals surface area (Å²) in [5, 5.41) is 0. The zero-order valence-corrected chi connectivity index (χ0v) is 11.0. The van der Waals surface area contributed by atoms with Crippen molar-refractivity contribution in [3.05, 3.63) is 71.8 Å². The molecule has 0 spiro atoms. The lowest BCUT2D eigenvalue weighted by molar-refractivity contribution is -0.241. The van der Waals surface area contributed by atoms with E-state index in [-0.39, 0.29) is 12.4 Å². The molecule has 1 heterocycles. The van der Waals surface area contributed by atoms with E-state index in [9.17, 15) is 0 Å². The second-order valence-corrected chi connectivity index (χ2v) is 5.02. The largest absolute Gasteiger partial charge is 0.348 e. The quantitative estimate of drug-likeness (QED) is 0.803. The highest BCUT2D eigenvalue weighted by Crippen LogP contribution is 2.37. The molecule has 0 amide bonds. The third kappa shape index (κ3) is 2.70. The van der Waals surface area contributed by atoms with E-state index >= 15 is 0 Å². The van der Waals surface area contributed by atoms with Crippen molar-refractivity contribution in [1.82, 2.24) is 0 Å². The zero-order chi connectivity index (χ0) is 13.1. The van der Waals surface area contributed by atoms with Gasteiger partial charge in [0.2, 0.25) is 0 Å². The van der Waals surface area contributed by atoms with E-state index in [0.717, 1.165) is 12.2 Å². The molecule has 0 saturated carbocycles. The average Bonchev–Trinajstić information content (AvgIpc) is 2.49. The topological polar surface area (TPSA) is 18.5 Å². The van der Waals surface area contributed by atoms with Crippen molar-refractivity contribution in [2.45, 2.75) is 19.3 Å². The molecule has 1 aliphatic heterocycles. The summed E-state index contributed by atoms with van der Waals surface area (Å²) in [6.07, 6.45) is -0.164. The average molecular weight is 254 g/mol. The summed E-state index contributed by atoms with van der Waals surface area (Å²) in [6, 6.07) is 20.5. The number of hydrogen-bond acceptors (Lipinski definition) is 2. The molecule has 0 N–H and O–H groups in total. The van der Waals surface area contributed by atoms with Gasteiger partial charge in [-0.05, 0) is 5.56 Å². The third-order valence-corrected chi connectivity index (χ3v) is 3.50. The van der Waals surface area contributed by atoms with E-state index < -0.39 is 0 Å². The fourth-order valence-electron chi connectivity index (χ4n) is 2.47. The highest BCUT2D eigenvalue weighted by Gasteiger charge is 2.30. The SMILES string of the molecule is C[C@H]1CO[C@H](c2ccccc2)O[C@@H]1c1ccccc1. The van der Waals surface area contributed by atoms with Gasteiger partial charge in [-0.3, -0.25) is 0 Å². The number of ether oxygens (including phenoxy) is 2. The van der Waals surface area contributed by atoms with Crippen molar-refractivity contribution in [3.8, 4) is 0 Å². The van der Waals surface area contributed by atoms with Crippen LogP contribution in [0.15, 0.2) is 60.7 Å². The Labute approximate surface area is 114 Å². The molecule has 19 heavy (non-hydrogen) atoms.